The number of H-pyrrole nitrogens is 1. The summed E-state index contributed by atoms with van der Waals surface area (Å²) in [5.74, 6) is -0.964. The quantitative estimate of drug-likeness (QED) is 0.392. The van der Waals surface area contributed by atoms with E-state index in [0.29, 0.717) is 23.4 Å². The van der Waals surface area contributed by atoms with Crippen molar-refractivity contribution in [1.29, 1.82) is 0 Å². The monoisotopic (exact) mass is 411 g/mol. The highest BCUT2D eigenvalue weighted by molar-refractivity contribution is 6.20. The van der Waals surface area contributed by atoms with Crippen LogP contribution in [-0.4, -0.2) is 15.5 Å². The zero-order valence-corrected chi connectivity index (χ0v) is 17.4. The summed E-state index contributed by atoms with van der Waals surface area (Å²) in [5.41, 5.74) is 12.1. The number of fused-ring (bicyclic) bond motifs is 3. The van der Waals surface area contributed by atoms with Crippen LogP contribution >= 0.6 is 0 Å². The van der Waals surface area contributed by atoms with Crippen LogP contribution in [0, 0.1) is 19.7 Å². The van der Waals surface area contributed by atoms with Gasteiger partial charge >= 0.3 is 0 Å². The molecular weight excluding hydrogens is 389 g/mol. The number of hydrogen-bond acceptors (Lipinski definition) is 1. The molecule has 0 spiro atoms. The highest BCUT2D eigenvalue weighted by Gasteiger charge is 2.26. The summed E-state index contributed by atoms with van der Waals surface area (Å²) in [7, 11) is 0. The molecule has 3 aromatic carbocycles. The van der Waals surface area contributed by atoms with Gasteiger partial charge in [-0.2, -0.15) is 0 Å². The SMILES string of the molecule is Cc1[nH]c2ccc3c(c(-c4ccccc4F)c(C(N)=O)n3Cc3ccccc3)c2c1C. The van der Waals surface area contributed by atoms with Gasteiger partial charge in [-0.1, -0.05) is 48.5 Å². The van der Waals surface area contributed by atoms with Crippen molar-refractivity contribution in [3.8, 4) is 11.1 Å². The average Bonchev–Trinajstić information content (AvgIpc) is 3.23. The van der Waals surface area contributed by atoms with Crippen LogP contribution in [-0.2, 0) is 6.54 Å². The molecule has 0 saturated carbocycles. The maximum atomic E-state index is 15.0. The standard InChI is InChI=1S/C26H22FN3O/c1-15-16(2)29-20-12-13-21-24(22(15)20)23(18-10-6-7-11-19(18)27)25(26(28)31)30(21)14-17-8-4-3-5-9-17/h3-13,29H,14H2,1-2H3,(H2,28,31). The van der Waals surface area contributed by atoms with E-state index in [1.165, 1.54) is 6.07 Å². The van der Waals surface area contributed by atoms with Crippen LogP contribution in [0.1, 0.15) is 27.3 Å². The van der Waals surface area contributed by atoms with Crippen molar-refractivity contribution in [3.05, 3.63) is 95.1 Å². The van der Waals surface area contributed by atoms with E-state index in [1.54, 1.807) is 18.2 Å². The van der Waals surface area contributed by atoms with Crippen molar-refractivity contribution >= 4 is 27.7 Å². The van der Waals surface area contributed by atoms with Crippen molar-refractivity contribution in [3.63, 3.8) is 0 Å². The maximum absolute atomic E-state index is 15.0. The zero-order chi connectivity index (χ0) is 21.7. The Bertz CT molecular complexity index is 1460. The third-order valence-corrected chi connectivity index (χ3v) is 6.05. The Kier molecular flexibility index (Phi) is 4.40. The minimum atomic E-state index is -0.580. The zero-order valence-electron chi connectivity index (χ0n) is 17.4. The van der Waals surface area contributed by atoms with Gasteiger partial charge in [0.15, 0.2) is 0 Å². The molecule has 5 rings (SSSR count). The van der Waals surface area contributed by atoms with Crippen molar-refractivity contribution in [2.45, 2.75) is 20.4 Å². The van der Waals surface area contributed by atoms with Crippen molar-refractivity contribution < 1.29 is 9.18 Å². The van der Waals surface area contributed by atoms with E-state index >= 15 is 4.39 Å². The molecule has 3 N–H and O–H groups in total. The number of benzene rings is 3. The molecule has 0 aliphatic heterocycles. The van der Waals surface area contributed by atoms with Crippen LogP contribution in [0.3, 0.4) is 0 Å². The first-order chi connectivity index (χ1) is 15.0. The summed E-state index contributed by atoms with van der Waals surface area (Å²) in [6.45, 7) is 4.51. The molecule has 0 saturated heterocycles. The normalized spacial score (nSPS) is 11.5. The second-order valence-electron chi connectivity index (χ2n) is 7.90. The molecule has 2 aromatic heterocycles. The van der Waals surface area contributed by atoms with Gasteiger partial charge in [0.05, 0.1) is 5.52 Å². The van der Waals surface area contributed by atoms with E-state index in [1.807, 2.05) is 60.9 Å². The Balaban J connectivity index is 1.98. The van der Waals surface area contributed by atoms with Gasteiger partial charge < -0.3 is 15.3 Å². The van der Waals surface area contributed by atoms with Crippen LogP contribution in [0.4, 0.5) is 4.39 Å². The van der Waals surface area contributed by atoms with E-state index in [4.69, 9.17) is 5.73 Å². The predicted molar refractivity (Wildman–Crippen MR) is 123 cm³/mol. The fourth-order valence-electron chi connectivity index (χ4n) is 4.53. The van der Waals surface area contributed by atoms with Gasteiger partial charge in [0.25, 0.3) is 5.91 Å². The Labute approximate surface area is 179 Å². The summed E-state index contributed by atoms with van der Waals surface area (Å²) >= 11 is 0. The largest absolute Gasteiger partial charge is 0.364 e. The van der Waals surface area contributed by atoms with Crippen LogP contribution in [0.15, 0.2) is 66.7 Å². The van der Waals surface area contributed by atoms with Crippen LogP contribution < -0.4 is 5.73 Å². The molecule has 0 atom stereocenters. The number of nitrogens with zero attached hydrogens (tertiary/aromatic N) is 1. The molecule has 0 radical (unpaired) electrons. The first-order valence-corrected chi connectivity index (χ1v) is 10.2. The highest BCUT2D eigenvalue weighted by atomic mass is 19.1. The molecule has 31 heavy (non-hydrogen) atoms. The minimum Gasteiger partial charge on any atom is -0.364 e. The number of hydrogen-bond donors (Lipinski definition) is 2. The van der Waals surface area contributed by atoms with Gasteiger partial charge in [0, 0.05) is 39.7 Å². The minimum absolute atomic E-state index is 0.315. The summed E-state index contributed by atoms with van der Waals surface area (Å²) in [6, 6.07) is 20.4. The van der Waals surface area contributed by atoms with E-state index in [-0.39, 0.29) is 5.82 Å². The Hall–Kier alpha value is -3.86. The maximum Gasteiger partial charge on any atom is 0.266 e. The fourth-order valence-corrected chi connectivity index (χ4v) is 4.53. The summed E-state index contributed by atoms with van der Waals surface area (Å²) in [4.78, 5) is 16.2. The van der Waals surface area contributed by atoms with E-state index in [9.17, 15) is 4.79 Å². The predicted octanol–water partition coefficient (Wildman–Crippen LogP) is 5.69. The fraction of sp³-hybridized carbons (Fsp3) is 0.115. The molecule has 0 fully saturated rings. The number of aromatic amines is 1. The van der Waals surface area contributed by atoms with E-state index in [0.717, 1.165) is 38.6 Å². The Morgan fingerprint density at radius 2 is 1.68 bits per heavy atom. The second-order valence-corrected chi connectivity index (χ2v) is 7.90. The first kappa shape index (κ1) is 19.1. The summed E-state index contributed by atoms with van der Waals surface area (Å²) < 4.78 is 16.9. The van der Waals surface area contributed by atoms with Gasteiger partial charge in [0.1, 0.15) is 11.5 Å². The molecule has 0 bridgehead atoms. The van der Waals surface area contributed by atoms with E-state index in [2.05, 4.69) is 4.98 Å². The number of carbonyl (C=O) groups is 1. The number of primary amides is 1. The molecular formula is C26H22FN3O. The Morgan fingerprint density at radius 3 is 2.39 bits per heavy atom. The molecule has 0 aliphatic carbocycles. The van der Waals surface area contributed by atoms with Gasteiger partial charge in [-0.3, -0.25) is 4.79 Å². The molecule has 0 aliphatic rings. The number of rotatable bonds is 4. The van der Waals surface area contributed by atoms with Crippen molar-refractivity contribution in [2.24, 2.45) is 5.73 Å². The molecule has 154 valence electrons. The van der Waals surface area contributed by atoms with Gasteiger partial charge in [-0.25, -0.2) is 4.39 Å². The van der Waals surface area contributed by atoms with Gasteiger partial charge in [-0.05, 0) is 43.2 Å². The summed E-state index contributed by atoms with van der Waals surface area (Å²) in [5, 5.41) is 1.83. The lowest BCUT2D eigenvalue weighted by molar-refractivity contribution is 0.0993. The van der Waals surface area contributed by atoms with Crippen LogP contribution in [0.25, 0.3) is 32.9 Å². The number of halogens is 1. The lowest BCUT2D eigenvalue weighted by Gasteiger charge is -2.10. The third-order valence-electron chi connectivity index (χ3n) is 6.05. The van der Waals surface area contributed by atoms with E-state index < -0.39 is 5.91 Å². The molecule has 1 amide bonds. The topological polar surface area (TPSA) is 63.8 Å². The van der Waals surface area contributed by atoms with Crippen molar-refractivity contribution in [1.82, 2.24) is 9.55 Å². The number of nitrogens with one attached hydrogen (secondary N) is 1. The number of carbonyl (C=O) groups excluding carboxylic acids is 1. The smallest absolute Gasteiger partial charge is 0.266 e. The van der Waals surface area contributed by atoms with Gasteiger partial charge in [0.2, 0.25) is 0 Å². The number of aryl methyl sites for hydroxylation is 2. The number of nitrogens with two attached hydrogens (primary N) is 1. The molecule has 0 unspecified atom stereocenters. The van der Waals surface area contributed by atoms with Crippen LogP contribution in [0.5, 0.6) is 0 Å². The lowest BCUT2D eigenvalue weighted by Crippen LogP contribution is -2.18. The summed E-state index contributed by atoms with van der Waals surface area (Å²) in [6.07, 6.45) is 0. The molecule has 2 heterocycles. The highest BCUT2D eigenvalue weighted by Crippen LogP contribution is 2.42. The molecule has 5 aromatic rings. The first-order valence-electron chi connectivity index (χ1n) is 10.2. The molecule has 5 heteroatoms. The number of amides is 1. The Morgan fingerprint density at radius 1 is 0.968 bits per heavy atom. The van der Waals surface area contributed by atoms with Gasteiger partial charge in [-0.15, -0.1) is 0 Å². The number of aromatic nitrogens is 2. The third kappa shape index (κ3) is 2.93. The second kappa shape index (κ2) is 7.13. The van der Waals surface area contributed by atoms with Crippen molar-refractivity contribution in [2.75, 3.05) is 0 Å². The van der Waals surface area contributed by atoms with Crippen LogP contribution in [0.2, 0.25) is 0 Å². The lowest BCUT2D eigenvalue weighted by atomic mass is 9.97. The molecule has 4 nitrogen and oxygen atoms in total. The average molecular weight is 411 g/mol.